The first kappa shape index (κ1) is 10.2. The number of halogens is 1. The van der Waals surface area contributed by atoms with Crippen molar-refractivity contribution in [3.05, 3.63) is 28.4 Å². The fraction of sp³-hybridized carbons (Fsp3) is 0.300. The van der Waals surface area contributed by atoms with Crippen LogP contribution in [0.2, 0.25) is 0 Å². The Morgan fingerprint density at radius 1 is 1.40 bits per heavy atom. The Hall–Kier alpha value is -1.36. The maximum absolute atomic E-state index is 12.9. The average Bonchev–Trinajstić information content (AvgIpc) is 2.17. The number of aromatic nitrogens is 3. The molecule has 0 radical (unpaired) electrons. The molecule has 0 aliphatic carbocycles. The zero-order valence-corrected chi connectivity index (χ0v) is 9.23. The highest BCUT2D eigenvalue weighted by Crippen LogP contribution is 2.22. The predicted molar refractivity (Wildman–Crippen MR) is 57.9 cm³/mol. The summed E-state index contributed by atoms with van der Waals surface area (Å²) in [6, 6.07) is 1.79. The van der Waals surface area contributed by atoms with E-state index in [-0.39, 0.29) is 5.92 Å². The zero-order chi connectivity index (χ0) is 11.0. The van der Waals surface area contributed by atoms with Gasteiger partial charge in [-0.3, -0.25) is 0 Å². The van der Waals surface area contributed by atoms with E-state index in [1.54, 1.807) is 6.07 Å². The second kappa shape index (κ2) is 3.66. The summed E-state index contributed by atoms with van der Waals surface area (Å²) in [5.74, 6) is 0.237. The van der Waals surface area contributed by atoms with Crippen LogP contribution < -0.4 is 0 Å². The molecule has 78 valence electrons. The maximum Gasteiger partial charge on any atom is 0.229 e. The number of fused-ring (bicyclic) bond motifs is 1. The average molecular weight is 223 g/mol. The van der Waals surface area contributed by atoms with Gasteiger partial charge in [-0.2, -0.15) is 4.39 Å². The van der Waals surface area contributed by atoms with Gasteiger partial charge in [0, 0.05) is 0 Å². The molecular weight excluding hydrogens is 213 g/mol. The monoisotopic (exact) mass is 223 g/mol. The van der Waals surface area contributed by atoms with Gasteiger partial charge in [0.05, 0.1) is 6.20 Å². The minimum Gasteiger partial charge on any atom is -0.341 e. The third kappa shape index (κ3) is 1.87. The SMILES string of the molecule is CC(C)c1cc2nc(F)c[nH]c-2nc1=S. The number of hydrogen-bond acceptors (Lipinski definition) is 3. The van der Waals surface area contributed by atoms with Crippen molar-refractivity contribution in [1.29, 1.82) is 0 Å². The summed E-state index contributed by atoms with van der Waals surface area (Å²) in [5.41, 5.74) is 1.43. The van der Waals surface area contributed by atoms with Crippen LogP contribution in [0.4, 0.5) is 4.39 Å². The highest BCUT2D eigenvalue weighted by atomic mass is 32.1. The van der Waals surface area contributed by atoms with E-state index in [2.05, 4.69) is 15.0 Å². The van der Waals surface area contributed by atoms with Crippen LogP contribution in [0, 0.1) is 10.6 Å². The lowest BCUT2D eigenvalue weighted by molar-refractivity contribution is 0.576. The van der Waals surface area contributed by atoms with Crippen molar-refractivity contribution in [3.63, 3.8) is 0 Å². The molecule has 0 aromatic heterocycles. The number of hydrogen-bond donors (Lipinski definition) is 1. The van der Waals surface area contributed by atoms with Gasteiger partial charge in [-0.05, 0) is 17.5 Å². The quantitative estimate of drug-likeness (QED) is 0.756. The Balaban J connectivity index is 2.74. The van der Waals surface area contributed by atoms with E-state index in [0.29, 0.717) is 16.2 Å². The molecule has 2 aliphatic heterocycles. The van der Waals surface area contributed by atoms with Crippen LogP contribution in [-0.2, 0) is 0 Å². The number of H-pyrrole nitrogens is 1. The highest BCUT2D eigenvalue weighted by Gasteiger charge is 2.11. The van der Waals surface area contributed by atoms with Gasteiger partial charge in [0.2, 0.25) is 5.95 Å². The van der Waals surface area contributed by atoms with E-state index in [1.165, 1.54) is 6.20 Å². The first-order valence-electron chi connectivity index (χ1n) is 4.64. The molecule has 0 saturated carbocycles. The molecule has 0 unspecified atom stereocenters. The van der Waals surface area contributed by atoms with Crippen molar-refractivity contribution in [1.82, 2.24) is 15.0 Å². The second-order valence-electron chi connectivity index (χ2n) is 3.63. The van der Waals surface area contributed by atoms with Gasteiger partial charge < -0.3 is 4.98 Å². The predicted octanol–water partition coefficient (Wildman–Crippen LogP) is 2.90. The molecule has 0 aromatic carbocycles. The molecule has 15 heavy (non-hydrogen) atoms. The molecule has 0 aromatic rings. The molecule has 2 heterocycles. The summed E-state index contributed by atoms with van der Waals surface area (Å²) >= 11 is 5.14. The Bertz CT molecular complexity index is 521. The topological polar surface area (TPSA) is 41.6 Å². The van der Waals surface area contributed by atoms with Crippen LogP contribution in [0.3, 0.4) is 0 Å². The molecule has 3 nitrogen and oxygen atoms in total. The van der Waals surface area contributed by atoms with Crippen molar-refractivity contribution in [2.45, 2.75) is 19.8 Å². The van der Waals surface area contributed by atoms with Gasteiger partial charge in [-0.1, -0.05) is 26.1 Å². The number of pyridine rings is 1. The second-order valence-corrected chi connectivity index (χ2v) is 4.02. The van der Waals surface area contributed by atoms with Gasteiger partial charge in [-0.15, -0.1) is 0 Å². The molecule has 0 amide bonds. The third-order valence-corrected chi connectivity index (χ3v) is 2.50. The summed E-state index contributed by atoms with van der Waals surface area (Å²) in [7, 11) is 0. The van der Waals surface area contributed by atoms with Gasteiger partial charge in [0.25, 0.3) is 0 Å². The molecule has 1 N–H and O–H groups in total. The van der Waals surface area contributed by atoms with Crippen LogP contribution in [0.5, 0.6) is 0 Å². The molecule has 0 spiro atoms. The van der Waals surface area contributed by atoms with E-state index >= 15 is 0 Å². The van der Waals surface area contributed by atoms with Gasteiger partial charge in [0.15, 0.2) is 5.82 Å². The Kier molecular flexibility index (Phi) is 2.48. The zero-order valence-electron chi connectivity index (χ0n) is 8.41. The smallest absolute Gasteiger partial charge is 0.229 e. The molecule has 0 saturated heterocycles. The van der Waals surface area contributed by atoms with Gasteiger partial charge >= 0.3 is 0 Å². The van der Waals surface area contributed by atoms with Crippen LogP contribution in [0.25, 0.3) is 11.5 Å². The number of rotatable bonds is 1. The van der Waals surface area contributed by atoms with E-state index in [4.69, 9.17) is 12.2 Å². The normalized spacial score (nSPS) is 11.2. The molecule has 0 bridgehead atoms. The fourth-order valence-corrected chi connectivity index (χ4v) is 1.77. The van der Waals surface area contributed by atoms with Crippen LogP contribution in [0.1, 0.15) is 25.3 Å². The van der Waals surface area contributed by atoms with Crippen molar-refractivity contribution >= 4 is 12.2 Å². The third-order valence-electron chi connectivity index (χ3n) is 2.17. The molecule has 0 fully saturated rings. The van der Waals surface area contributed by atoms with Crippen LogP contribution >= 0.6 is 12.2 Å². The lowest BCUT2D eigenvalue weighted by atomic mass is 10.0. The molecule has 0 atom stereocenters. The number of aromatic amines is 1. The summed E-state index contributed by atoms with van der Waals surface area (Å²) in [5, 5.41) is 0. The fourth-order valence-electron chi connectivity index (χ4n) is 1.38. The summed E-state index contributed by atoms with van der Waals surface area (Å²) in [4.78, 5) is 10.6. The lowest BCUT2D eigenvalue weighted by Crippen LogP contribution is -2.01. The molecule has 2 aliphatic rings. The maximum atomic E-state index is 12.9. The van der Waals surface area contributed by atoms with Crippen molar-refractivity contribution in [3.8, 4) is 11.5 Å². The van der Waals surface area contributed by atoms with Crippen molar-refractivity contribution in [2.24, 2.45) is 0 Å². The summed E-state index contributed by atoms with van der Waals surface area (Å²) < 4.78 is 13.4. The molecular formula is C10H10FN3S. The molecule has 2 rings (SSSR count). The minimum absolute atomic E-state index is 0.263. The van der Waals surface area contributed by atoms with Gasteiger partial charge in [0.1, 0.15) is 10.3 Å². The van der Waals surface area contributed by atoms with E-state index < -0.39 is 5.95 Å². The summed E-state index contributed by atoms with van der Waals surface area (Å²) in [6.45, 7) is 4.03. The highest BCUT2D eigenvalue weighted by molar-refractivity contribution is 7.71. The number of nitrogens with one attached hydrogen (secondary N) is 1. The van der Waals surface area contributed by atoms with E-state index in [9.17, 15) is 4.39 Å². The summed E-state index contributed by atoms with van der Waals surface area (Å²) in [6.07, 6.45) is 1.17. The Labute approximate surface area is 91.7 Å². The standard InChI is InChI=1S/C10H10FN3S/c1-5(2)6-3-7-9(14-10(6)15)12-4-8(11)13-7/h3-5H,1-2H3,(H,12,14,15). The first-order chi connectivity index (χ1) is 7.08. The largest absolute Gasteiger partial charge is 0.341 e. The van der Waals surface area contributed by atoms with E-state index in [0.717, 1.165) is 5.56 Å². The van der Waals surface area contributed by atoms with Gasteiger partial charge in [-0.25, -0.2) is 9.97 Å². The first-order valence-corrected chi connectivity index (χ1v) is 5.04. The Morgan fingerprint density at radius 2 is 2.13 bits per heavy atom. The van der Waals surface area contributed by atoms with Crippen molar-refractivity contribution < 1.29 is 4.39 Å². The Morgan fingerprint density at radius 3 is 2.80 bits per heavy atom. The minimum atomic E-state index is -0.545. The van der Waals surface area contributed by atoms with Crippen LogP contribution in [0.15, 0.2) is 12.3 Å². The van der Waals surface area contributed by atoms with Crippen LogP contribution in [-0.4, -0.2) is 15.0 Å². The number of nitrogens with zero attached hydrogens (tertiary/aromatic N) is 2. The van der Waals surface area contributed by atoms with Crippen molar-refractivity contribution in [2.75, 3.05) is 0 Å². The van der Waals surface area contributed by atoms with E-state index in [1.807, 2.05) is 13.8 Å². The molecule has 5 heteroatoms. The lowest BCUT2D eigenvalue weighted by Gasteiger charge is -2.09.